The molecule has 0 unspecified atom stereocenters. The van der Waals surface area contributed by atoms with Crippen LogP contribution in [0.1, 0.15) is 11.3 Å². The Hall–Kier alpha value is -3.94. The molecule has 2 aromatic carbocycles. The zero-order valence-electron chi connectivity index (χ0n) is 18.8. The van der Waals surface area contributed by atoms with E-state index in [1.54, 1.807) is 4.57 Å². The van der Waals surface area contributed by atoms with E-state index in [1.807, 2.05) is 61.2 Å². The molecule has 168 valence electrons. The third-order valence-corrected chi connectivity index (χ3v) is 6.12. The number of piperazine rings is 1. The summed E-state index contributed by atoms with van der Waals surface area (Å²) in [6.07, 6.45) is 0. The highest BCUT2D eigenvalue weighted by atomic mass is 16.2. The van der Waals surface area contributed by atoms with Crippen molar-refractivity contribution >= 4 is 17.4 Å². The van der Waals surface area contributed by atoms with Crippen LogP contribution in [0.2, 0.25) is 0 Å². The Morgan fingerprint density at radius 2 is 1.70 bits per heavy atom. The first-order chi connectivity index (χ1) is 16.0. The summed E-state index contributed by atoms with van der Waals surface area (Å²) in [5.74, 6) is 0.864. The number of aryl methyl sites for hydroxylation is 2. The predicted molar refractivity (Wildman–Crippen MR) is 127 cm³/mol. The molecule has 8 heteroatoms. The molecule has 1 aliphatic rings. The van der Waals surface area contributed by atoms with Crippen LogP contribution in [-0.4, -0.2) is 56.2 Å². The molecule has 0 saturated carbocycles. The van der Waals surface area contributed by atoms with E-state index in [9.17, 15) is 9.59 Å². The van der Waals surface area contributed by atoms with Crippen molar-refractivity contribution in [1.29, 1.82) is 0 Å². The van der Waals surface area contributed by atoms with Crippen molar-refractivity contribution < 1.29 is 4.79 Å². The smallest absolute Gasteiger partial charge is 0.275 e. The van der Waals surface area contributed by atoms with Gasteiger partial charge in [0.1, 0.15) is 6.54 Å². The van der Waals surface area contributed by atoms with Gasteiger partial charge in [0.05, 0.1) is 0 Å². The van der Waals surface area contributed by atoms with Crippen LogP contribution in [0.4, 0.5) is 5.69 Å². The van der Waals surface area contributed by atoms with E-state index in [0.29, 0.717) is 30.4 Å². The summed E-state index contributed by atoms with van der Waals surface area (Å²) in [7, 11) is 0. The SMILES string of the molecule is Cc1cccc(-c2nc3n(CC(=O)N4CCN(c5ccccc5)CC4)c(C)cc(=O)n3n2)c1. The summed E-state index contributed by atoms with van der Waals surface area (Å²) in [6.45, 7) is 6.83. The molecule has 5 rings (SSSR count). The number of carbonyl (C=O) groups is 1. The highest BCUT2D eigenvalue weighted by molar-refractivity contribution is 5.77. The molecule has 8 nitrogen and oxygen atoms in total. The number of fused-ring (bicyclic) bond motifs is 1. The second-order valence-corrected chi connectivity index (χ2v) is 8.43. The lowest BCUT2D eigenvalue weighted by Crippen LogP contribution is -2.49. The lowest BCUT2D eigenvalue weighted by atomic mass is 10.1. The van der Waals surface area contributed by atoms with Crippen LogP contribution in [0, 0.1) is 13.8 Å². The largest absolute Gasteiger partial charge is 0.368 e. The van der Waals surface area contributed by atoms with Gasteiger partial charge in [-0.05, 0) is 32.0 Å². The summed E-state index contributed by atoms with van der Waals surface area (Å²) in [4.78, 5) is 34.5. The molecule has 2 aromatic heterocycles. The van der Waals surface area contributed by atoms with Crippen LogP contribution in [0.25, 0.3) is 17.2 Å². The fourth-order valence-corrected chi connectivity index (χ4v) is 4.29. The van der Waals surface area contributed by atoms with Crippen molar-refractivity contribution in [3.8, 4) is 11.4 Å². The summed E-state index contributed by atoms with van der Waals surface area (Å²) >= 11 is 0. The van der Waals surface area contributed by atoms with Crippen molar-refractivity contribution in [2.45, 2.75) is 20.4 Å². The van der Waals surface area contributed by atoms with Gasteiger partial charge in [-0.15, -0.1) is 5.10 Å². The molecule has 3 heterocycles. The van der Waals surface area contributed by atoms with Crippen molar-refractivity contribution in [3.63, 3.8) is 0 Å². The van der Waals surface area contributed by atoms with Gasteiger partial charge in [0, 0.05) is 49.2 Å². The quantitative estimate of drug-likeness (QED) is 0.486. The maximum Gasteiger partial charge on any atom is 0.275 e. The van der Waals surface area contributed by atoms with E-state index in [1.165, 1.54) is 16.3 Å². The van der Waals surface area contributed by atoms with Crippen LogP contribution in [0.3, 0.4) is 0 Å². The van der Waals surface area contributed by atoms with E-state index < -0.39 is 0 Å². The summed E-state index contributed by atoms with van der Waals surface area (Å²) in [6, 6.07) is 19.6. The Morgan fingerprint density at radius 1 is 0.939 bits per heavy atom. The van der Waals surface area contributed by atoms with E-state index in [2.05, 4.69) is 27.1 Å². The third-order valence-electron chi connectivity index (χ3n) is 6.12. The van der Waals surface area contributed by atoms with Crippen LogP contribution in [-0.2, 0) is 11.3 Å². The molecule has 0 atom stereocenters. The molecule has 1 fully saturated rings. The molecule has 0 N–H and O–H groups in total. The summed E-state index contributed by atoms with van der Waals surface area (Å²) in [5, 5.41) is 4.43. The fourth-order valence-electron chi connectivity index (χ4n) is 4.29. The third kappa shape index (κ3) is 4.11. The number of carbonyl (C=O) groups excluding carboxylic acids is 1. The standard InChI is InChI=1S/C25H26N6O2/c1-18-7-6-8-20(15-18)24-26-25-30(19(2)16-22(32)31(25)27-24)17-23(33)29-13-11-28(12-14-29)21-9-4-3-5-10-21/h3-10,15-16H,11-14,17H2,1-2H3. The number of para-hydroxylation sites is 1. The molecule has 0 spiro atoms. The lowest BCUT2D eigenvalue weighted by Gasteiger charge is -2.36. The van der Waals surface area contributed by atoms with Gasteiger partial charge in [0.15, 0.2) is 5.82 Å². The number of benzene rings is 2. The number of anilines is 1. The number of hydrogen-bond acceptors (Lipinski definition) is 5. The maximum absolute atomic E-state index is 13.2. The van der Waals surface area contributed by atoms with Crippen molar-refractivity contribution in [2.75, 3.05) is 31.1 Å². The first-order valence-electron chi connectivity index (χ1n) is 11.1. The first kappa shape index (κ1) is 20.9. The summed E-state index contributed by atoms with van der Waals surface area (Å²) < 4.78 is 3.06. The zero-order valence-corrected chi connectivity index (χ0v) is 18.8. The van der Waals surface area contributed by atoms with Crippen molar-refractivity contribution in [3.05, 3.63) is 82.3 Å². The van der Waals surface area contributed by atoms with Gasteiger partial charge in [-0.1, -0.05) is 42.0 Å². The second kappa shape index (κ2) is 8.54. The van der Waals surface area contributed by atoms with Crippen molar-refractivity contribution in [1.82, 2.24) is 24.1 Å². The molecular weight excluding hydrogens is 416 g/mol. The average molecular weight is 443 g/mol. The first-order valence-corrected chi connectivity index (χ1v) is 11.1. The molecule has 1 aliphatic heterocycles. The topological polar surface area (TPSA) is 75.7 Å². The van der Waals surface area contributed by atoms with Gasteiger partial charge in [0.2, 0.25) is 11.7 Å². The number of amides is 1. The van der Waals surface area contributed by atoms with Gasteiger partial charge in [-0.3, -0.25) is 9.59 Å². The number of nitrogens with zero attached hydrogens (tertiary/aromatic N) is 6. The van der Waals surface area contributed by atoms with Gasteiger partial charge in [-0.25, -0.2) is 0 Å². The molecule has 0 aliphatic carbocycles. The van der Waals surface area contributed by atoms with E-state index >= 15 is 0 Å². The van der Waals surface area contributed by atoms with E-state index in [0.717, 1.165) is 24.2 Å². The van der Waals surface area contributed by atoms with Gasteiger partial charge < -0.3 is 14.4 Å². The minimum Gasteiger partial charge on any atom is -0.368 e. The minimum atomic E-state index is -0.255. The highest BCUT2D eigenvalue weighted by Crippen LogP contribution is 2.19. The lowest BCUT2D eigenvalue weighted by molar-refractivity contribution is -0.132. The fraction of sp³-hybridized carbons (Fsp3) is 0.280. The van der Waals surface area contributed by atoms with Crippen LogP contribution >= 0.6 is 0 Å². The molecule has 0 radical (unpaired) electrons. The van der Waals surface area contributed by atoms with Gasteiger partial charge in [0.25, 0.3) is 5.56 Å². The Morgan fingerprint density at radius 3 is 2.42 bits per heavy atom. The zero-order chi connectivity index (χ0) is 22.9. The molecular formula is C25H26N6O2. The van der Waals surface area contributed by atoms with Gasteiger partial charge in [-0.2, -0.15) is 9.50 Å². The normalized spacial score (nSPS) is 14.1. The number of rotatable bonds is 4. The molecule has 4 aromatic rings. The molecule has 0 bridgehead atoms. The van der Waals surface area contributed by atoms with Crippen LogP contribution in [0.5, 0.6) is 0 Å². The maximum atomic E-state index is 13.2. The molecule has 33 heavy (non-hydrogen) atoms. The monoisotopic (exact) mass is 442 g/mol. The Labute approximate surface area is 191 Å². The Bertz CT molecular complexity index is 1370. The second-order valence-electron chi connectivity index (χ2n) is 8.43. The van der Waals surface area contributed by atoms with Gasteiger partial charge >= 0.3 is 0 Å². The number of hydrogen-bond donors (Lipinski definition) is 0. The van der Waals surface area contributed by atoms with Crippen LogP contribution in [0.15, 0.2) is 65.5 Å². The highest BCUT2D eigenvalue weighted by Gasteiger charge is 2.23. The minimum absolute atomic E-state index is 0.0106. The average Bonchev–Trinajstić information content (AvgIpc) is 3.28. The number of aromatic nitrogens is 4. The van der Waals surface area contributed by atoms with E-state index in [4.69, 9.17) is 0 Å². The Kier molecular flexibility index (Phi) is 5.42. The molecule has 1 amide bonds. The van der Waals surface area contributed by atoms with E-state index in [-0.39, 0.29) is 18.0 Å². The van der Waals surface area contributed by atoms with Crippen LogP contribution < -0.4 is 10.5 Å². The molecule has 1 saturated heterocycles. The summed E-state index contributed by atoms with van der Waals surface area (Å²) in [5.41, 5.74) is 3.53. The Balaban J connectivity index is 1.38. The van der Waals surface area contributed by atoms with Crippen molar-refractivity contribution in [2.24, 2.45) is 0 Å². The predicted octanol–water partition coefficient (Wildman–Crippen LogP) is 2.52.